The van der Waals surface area contributed by atoms with E-state index in [4.69, 9.17) is 0 Å². The summed E-state index contributed by atoms with van der Waals surface area (Å²) in [5.41, 5.74) is 1.90. The van der Waals surface area contributed by atoms with Gasteiger partial charge in [-0.05, 0) is 18.1 Å². The normalized spacial score (nSPS) is 12.5. The number of rotatable bonds is 8. The van der Waals surface area contributed by atoms with Crippen LogP contribution in [0.15, 0.2) is 60.7 Å². The maximum Gasteiger partial charge on any atom is 0.243 e. The van der Waals surface area contributed by atoms with Gasteiger partial charge in [-0.15, -0.1) is 0 Å². The van der Waals surface area contributed by atoms with Crippen molar-refractivity contribution in [3.63, 3.8) is 0 Å². The summed E-state index contributed by atoms with van der Waals surface area (Å²) in [6, 6.07) is 17.5. The lowest BCUT2D eigenvalue weighted by atomic mass is 10.1. The lowest BCUT2D eigenvalue weighted by molar-refractivity contribution is -0.131. The monoisotopic (exact) mass is 368 g/mol. The molecule has 0 radical (unpaired) electrons. The average molecular weight is 368 g/mol. The number of benzene rings is 2. The third-order valence-corrected chi connectivity index (χ3v) is 4.04. The fourth-order valence-corrected chi connectivity index (χ4v) is 2.62. The zero-order chi connectivity index (χ0) is 19.6. The van der Waals surface area contributed by atoms with Crippen LogP contribution in [0.25, 0.3) is 0 Å². The first-order valence-corrected chi connectivity index (χ1v) is 8.88. The molecule has 2 aromatic rings. The van der Waals surface area contributed by atoms with Crippen molar-refractivity contribution in [2.24, 2.45) is 0 Å². The predicted molar refractivity (Wildman–Crippen MR) is 104 cm³/mol. The second-order valence-electron chi connectivity index (χ2n) is 6.38. The Balaban J connectivity index is 1.92. The topological polar surface area (TPSA) is 87.3 Å². The fraction of sp³-hybridized carbons (Fsp3) is 0.286. The van der Waals surface area contributed by atoms with E-state index in [1.807, 2.05) is 60.7 Å². The molecule has 2 aromatic carbocycles. The second kappa shape index (κ2) is 10.1. The molecular weight excluding hydrogens is 343 g/mol. The molecule has 3 amide bonds. The van der Waals surface area contributed by atoms with Gasteiger partial charge < -0.3 is 16.0 Å². The summed E-state index contributed by atoms with van der Waals surface area (Å²) < 4.78 is 0. The quantitative estimate of drug-likeness (QED) is 0.618. The maximum absolute atomic E-state index is 12.6. The predicted octanol–water partition coefficient (Wildman–Crippen LogP) is 1.55. The first kappa shape index (κ1) is 20.2. The molecule has 0 aliphatic heterocycles. The molecule has 2 atom stereocenters. The van der Waals surface area contributed by atoms with Crippen LogP contribution in [0.5, 0.6) is 0 Å². The molecule has 0 unspecified atom stereocenters. The summed E-state index contributed by atoms with van der Waals surface area (Å²) in [6.07, 6.45) is 0.352. The molecule has 0 saturated carbocycles. The largest absolute Gasteiger partial charge is 0.350 e. The van der Waals surface area contributed by atoms with E-state index >= 15 is 0 Å². The molecule has 2 rings (SSSR count). The number of hydrogen-bond acceptors (Lipinski definition) is 3. The summed E-state index contributed by atoms with van der Waals surface area (Å²) in [6.45, 7) is 3.37. The van der Waals surface area contributed by atoms with E-state index in [0.717, 1.165) is 11.1 Å². The van der Waals surface area contributed by atoms with Gasteiger partial charge in [-0.25, -0.2) is 0 Å². The van der Waals surface area contributed by atoms with Gasteiger partial charge in [-0.2, -0.15) is 0 Å². The van der Waals surface area contributed by atoms with Crippen LogP contribution in [0.2, 0.25) is 0 Å². The Morgan fingerprint density at radius 3 is 1.93 bits per heavy atom. The Labute approximate surface area is 159 Å². The fourth-order valence-electron chi connectivity index (χ4n) is 2.62. The minimum Gasteiger partial charge on any atom is -0.350 e. The SMILES string of the molecule is CC(=O)N[C@@H](Cc1ccccc1)C(=O)N[13C@@H](C)C(=O)NCc1ccccc1. The van der Waals surface area contributed by atoms with Crippen LogP contribution in [0, 0.1) is 0 Å². The lowest BCUT2D eigenvalue weighted by Crippen LogP contribution is -2.53. The van der Waals surface area contributed by atoms with Crippen LogP contribution in [-0.2, 0) is 27.3 Å². The highest BCUT2D eigenvalue weighted by atomic mass is 16.2. The van der Waals surface area contributed by atoms with E-state index in [1.165, 1.54) is 6.92 Å². The Bertz CT molecular complexity index is 763. The molecule has 0 spiro atoms. The molecular formula is C21H25N3O3. The van der Waals surface area contributed by atoms with Crippen molar-refractivity contribution in [2.75, 3.05) is 0 Å². The van der Waals surface area contributed by atoms with Gasteiger partial charge in [-0.1, -0.05) is 60.7 Å². The van der Waals surface area contributed by atoms with Crippen molar-refractivity contribution in [3.05, 3.63) is 71.8 Å². The van der Waals surface area contributed by atoms with Crippen LogP contribution in [0.3, 0.4) is 0 Å². The van der Waals surface area contributed by atoms with Crippen LogP contribution < -0.4 is 16.0 Å². The first-order valence-electron chi connectivity index (χ1n) is 8.88. The molecule has 0 aliphatic carbocycles. The summed E-state index contributed by atoms with van der Waals surface area (Å²) >= 11 is 0. The minimum absolute atomic E-state index is 0.284. The van der Waals surface area contributed by atoms with Crippen molar-refractivity contribution in [1.29, 1.82) is 0 Å². The van der Waals surface area contributed by atoms with E-state index in [0.29, 0.717) is 13.0 Å². The van der Waals surface area contributed by atoms with Crippen molar-refractivity contribution in [2.45, 2.75) is 38.9 Å². The van der Waals surface area contributed by atoms with Gasteiger partial charge in [0.1, 0.15) is 12.1 Å². The standard InChI is InChI=1S/C21H25N3O3/c1-15(20(26)22-14-18-11-7-4-8-12-18)23-21(27)19(24-16(2)25)13-17-9-5-3-6-10-17/h3-12,15,19H,13-14H2,1-2H3,(H,22,26)(H,23,27)(H,24,25)/t15-,19-/m0/s1/i15+1. The number of amides is 3. The van der Waals surface area contributed by atoms with Crippen molar-refractivity contribution < 1.29 is 14.4 Å². The number of carbonyl (C=O) groups excluding carboxylic acids is 3. The highest BCUT2D eigenvalue weighted by Gasteiger charge is 2.23. The third-order valence-electron chi connectivity index (χ3n) is 4.04. The highest BCUT2D eigenvalue weighted by molar-refractivity contribution is 5.91. The van der Waals surface area contributed by atoms with Crippen molar-refractivity contribution in [3.8, 4) is 0 Å². The van der Waals surface area contributed by atoms with Crippen molar-refractivity contribution >= 4 is 17.7 Å². The third kappa shape index (κ3) is 6.93. The van der Waals surface area contributed by atoms with Crippen LogP contribution in [0.4, 0.5) is 0 Å². The molecule has 0 aliphatic rings. The minimum atomic E-state index is -0.741. The van der Waals surface area contributed by atoms with Gasteiger partial charge in [0.25, 0.3) is 0 Å². The second-order valence-corrected chi connectivity index (χ2v) is 6.38. The van der Waals surface area contributed by atoms with Gasteiger partial charge in [0.2, 0.25) is 17.7 Å². The van der Waals surface area contributed by atoms with Crippen LogP contribution >= 0.6 is 0 Å². The summed E-state index contributed by atoms with van der Waals surface area (Å²) in [4.78, 5) is 36.3. The van der Waals surface area contributed by atoms with E-state index in [9.17, 15) is 14.4 Å². The Morgan fingerprint density at radius 2 is 1.37 bits per heavy atom. The van der Waals surface area contributed by atoms with Gasteiger partial charge in [0, 0.05) is 19.9 Å². The van der Waals surface area contributed by atoms with Gasteiger partial charge in [0.15, 0.2) is 0 Å². The summed E-state index contributed by atoms with van der Waals surface area (Å²) in [5.74, 6) is -0.975. The van der Waals surface area contributed by atoms with Gasteiger partial charge in [0.05, 0.1) is 0 Å². The molecule has 0 fully saturated rings. The summed E-state index contributed by atoms with van der Waals surface area (Å²) in [7, 11) is 0. The number of nitrogens with one attached hydrogen (secondary N) is 3. The number of carbonyl (C=O) groups is 3. The maximum atomic E-state index is 12.6. The molecule has 0 aromatic heterocycles. The smallest absolute Gasteiger partial charge is 0.243 e. The zero-order valence-electron chi connectivity index (χ0n) is 15.6. The molecule has 27 heavy (non-hydrogen) atoms. The molecule has 0 bridgehead atoms. The van der Waals surface area contributed by atoms with Crippen LogP contribution in [0.1, 0.15) is 25.0 Å². The number of hydrogen-bond donors (Lipinski definition) is 3. The van der Waals surface area contributed by atoms with Gasteiger partial charge in [-0.3, -0.25) is 14.4 Å². The molecule has 6 nitrogen and oxygen atoms in total. The first-order chi connectivity index (χ1) is 13.0. The van der Waals surface area contributed by atoms with Gasteiger partial charge >= 0.3 is 0 Å². The molecule has 0 saturated heterocycles. The summed E-state index contributed by atoms with van der Waals surface area (Å²) in [5, 5.41) is 8.12. The molecule has 142 valence electrons. The van der Waals surface area contributed by atoms with E-state index < -0.39 is 18.0 Å². The van der Waals surface area contributed by atoms with E-state index in [1.54, 1.807) is 6.92 Å². The van der Waals surface area contributed by atoms with Crippen LogP contribution in [-0.4, -0.2) is 29.8 Å². The molecule has 6 heteroatoms. The Hall–Kier alpha value is -3.15. The van der Waals surface area contributed by atoms with E-state index in [2.05, 4.69) is 16.0 Å². The average Bonchev–Trinajstić information content (AvgIpc) is 2.66. The zero-order valence-corrected chi connectivity index (χ0v) is 15.6. The lowest BCUT2D eigenvalue weighted by Gasteiger charge is -2.21. The molecule has 3 N–H and O–H groups in total. The highest BCUT2D eigenvalue weighted by Crippen LogP contribution is 2.04. The Morgan fingerprint density at radius 1 is 0.815 bits per heavy atom. The molecule has 0 heterocycles. The Kier molecular flexibility index (Phi) is 7.55. The van der Waals surface area contributed by atoms with Crippen molar-refractivity contribution in [1.82, 2.24) is 16.0 Å². The van der Waals surface area contributed by atoms with E-state index in [-0.39, 0.29) is 11.8 Å².